The van der Waals surface area contributed by atoms with Gasteiger partial charge in [-0.05, 0) is 37.9 Å². The Bertz CT molecular complexity index is 356. The van der Waals surface area contributed by atoms with Gasteiger partial charge in [0.15, 0.2) is 0 Å². The van der Waals surface area contributed by atoms with Crippen LogP contribution in [-0.4, -0.2) is 30.5 Å². The molecule has 92 valence electrons. The molecular weight excluding hydrogens is 214 g/mol. The molecule has 1 saturated heterocycles. The summed E-state index contributed by atoms with van der Waals surface area (Å²) in [5, 5.41) is 10.7. The summed E-state index contributed by atoms with van der Waals surface area (Å²) < 4.78 is 0. The van der Waals surface area contributed by atoms with Crippen molar-refractivity contribution in [3.05, 3.63) is 35.9 Å². The van der Waals surface area contributed by atoms with E-state index < -0.39 is 5.97 Å². The molecular formula is C14H18NO2-. The van der Waals surface area contributed by atoms with E-state index in [1.165, 1.54) is 5.56 Å². The summed E-state index contributed by atoms with van der Waals surface area (Å²) >= 11 is 0. The zero-order valence-corrected chi connectivity index (χ0v) is 9.97. The number of likely N-dealkylation sites (tertiary alicyclic amines) is 1. The van der Waals surface area contributed by atoms with Crippen molar-refractivity contribution in [3.8, 4) is 0 Å². The highest BCUT2D eigenvalue weighted by atomic mass is 16.4. The number of benzene rings is 1. The number of nitrogens with zero attached hydrogens (tertiary/aromatic N) is 1. The minimum Gasteiger partial charge on any atom is -0.550 e. The van der Waals surface area contributed by atoms with Crippen molar-refractivity contribution in [3.63, 3.8) is 0 Å². The second-order valence-corrected chi connectivity index (χ2v) is 4.67. The molecule has 0 aromatic heterocycles. The van der Waals surface area contributed by atoms with Gasteiger partial charge in [0.25, 0.3) is 0 Å². The average molecular weight is 232 g/mol. The molecule has 0 radical (unpaired) electrons. The van der Waals surface area contributed by atoms with Crippen molar-refractivity contribution in [1.82, 2.24) is 4.90 Å². The summed E-state index contributed by atoms with van der Waals surface area (Å²) in [6, 6.07) is 10.4. The second-order valence-electron chi connectivity index (χ2n) is 4.67. The first-order chi connectivity index (χ1) is 8.25. The van der Waals surface area contributed by atoms with Crippen LogP contribution in [0.25, 0.3) is 0 Å². The Morgan fingerprint density at radius 1 is 1.24 bits per heavy atom. The number of carboxylic acids is 1. The van der Waals surface area contributed by atoms with Gasteiger partial charge < -0.3 is 14.8 Å². The number of rotatable bonds is 4. The first-order valence-electron chi connectivity index (χ1n) is 6.23. The summed E-state index contributed by atoms with van der Waals surface area (Å²) in [6.07, 6.45) is 2.51. The Labute approximate surface area is 102 Å². The Hall–Kier alpha value is -1.35. The molecule has 17 heavy (non-hydrogen) atoms. The van der Waals surface area contributed by atoms with Crippen LogP contribution in [-0.2, 0) is 11.2 Å². The molecule has 1 aromatic carbocycles. The molecule has 2 rings (SSSR count). The van der Waals surface area contributed by atoms with Gasteiger partial charge in [-0.3, -0.25) is 0 Å². The number of carboxylic acid groups (broad SMARTS) is 1. The Morgan fingerprint density at radius 2 is 1.88 bits per heavy atom. The quantitative estimate of drug-likeness (QED) is 0.767. The molecule has 0 spiro atoms. The molecule has 1 aliphatic heterocycles. The lowest BCUT2D eigenvalue weighted by atomic mass is 9.97. The van der Waals surface area contributed by atoms with E-state index in [1.807, 2.05) is 6.07 Å². The van der Waals surface area contributed by atoms with E-state index in [0.717, 1.165) is 38.9 Å². The molecule has 1 aliphatic rings. The summed E-state index contributed by atoms with van der Waals surface area (Å²) in [4.78, 5) is 13.1. The smallest absolute Gasteiger partial charge is 0.0446 e. The third kappa shape index (κ3) is 3.56. The highest BCUT2D eigenvalue weighted by Crippen LogP contribution is 2.16. The van der Waals surface area contributed by atoms with Gasteiger partial charge in [0.1, 0.15) is 0 Å². The third-order valence-electron chi connectivity index (χ3n) is 3.48. The number of piperidine rings is 1. The summed E-state index contributed by atoms with van der Waals surface area (Å²) in [5.74, 6) is -1.12. The van der Waals surface area contributed by atoms with Crippen molar-refractivity contribution in [2.45, 2.75) is 19.3 Å². The van der Waals surface area contributed by atoms with E-state index in [9.17, 15) is 9.90 Å². The second kappa shape index (κ2) is 5.82. The molecule has 0 amide bonds. The molecule has 0 saturated carbocycles. The predicted molar refractivity (Wildman–Crippen MR) is 64.3 cm³/mol. The Kier molecular flexibility index (Phi) is 4.15. The number of aliphatic carboxylic acids is 1. The van der Waals surface area contributed by atoms with Crippen LogP contribution >= 0.6 is 0 Å². The van der Waals surface area contributed by atoms with E-state index in [4.69, 9.17) is 0 Å². The van der Waals surface area contributed by atoms with Crippen LogP contribution < -0.4 is 5.11 Å². The highest BCUT2D eigenvalue weighted by molar-refractivity contribution is 5.67. The summed E-state index contributed by atoms with van der Waals surface area (Å²) in [5.41, 5.74) is 1.34. The maximum atomic E-state index is 10.7. The van der Waals surface area contributed by atoms with Gasteiger partial charge >= 0.3 is 0 Å². The van der Waals surface area contributed by atoms with Gasteiger partial charge in [-0.25, -0.2) is 0 Å². The van der Waals surface area contributed by atoms with Gasteiger partial charge in [0, 0.05) is 18.4 Å². The number of carbonyl (C=O) groups excluding carboxylic acids is 1. The standard InChI is InChI=1S/C14H19NO2/c16-14(17)13-7-10-15(11-8-13)9-6-12-4-2-1-3-5-12/h1-5,13H,6-11H2,(H,16,17)/p-1. The monoisotopic (exact) mass is 232 g/mol. The molecule has 0 unspecified atom stereocenters. The van der Waals surface area contributed by atoms with E-state index in [0.29, 0.717) is 0 Å². The van der Waals surface area contributed by atoms with Gasteiger partial charge in [-0.15, -0.1) is 0 Å². The first kappa shape index (κ1) is 12.1. The van der Waals surface area contributed by atoms with Gasteiger partial charge in [0.2, 0.25) is 0 Å². The SMILES string of the molecule is O=C([O-])C1CCN(CCc2ccccc2)CC1. The fourth-order valence-corrected chi connectivity index (χ4v) is 2.32. The molecule has 0 aliphatic carbocycles. The summed E-state index contributed by atoms with van der Waals surface area (Å²) in [6.45, 7) is 2.78. The molecule has 0 N–H and O–H groups in total. The lowest BCUT2D eigenvalue weighted by Gasteiger charge is -2.32. The fraction of sp³-hybridized carbons (Fsp3) is 0.500. The van der Waals surface area contributed by atoms with Crippen LogP contribution in [0.3, 0.4) is 0 Å². The minimum absolute atomic E-state index is 0.233. The van der Waals surface area contributed by atoms with Crippen LogP contribution in [0.4, 0.5) is 0 Å². The van der Waals surface area contributed by atoms with Crippen LogP contribution in [0.2, 0.25) is 0 Å². The molecule has 3 nitrogen and oxygen atoms in total. The number of carbonyl (C=O) groups is 1. The van der Waals surface area contributed by atoms with Crippen LogP contribution in [0, 0.1) is 5.92 Å². The molecule has 0 atom stereocenters. The summed E-state index contributed by atoms with van der Waals surface area (Å²) in [7, 11) is 0. The topological polar surface area (TPSA) is 43.4 Å². The van der Waals surface area contributed by atoms with Gasteiger partial charge in [-0.2, -0.15) is 0 Å². The average Bonchev–Trinajstić information content (AvgIpc) is 2.38. The van der Waals surface area contributed by atoms with Crippen molar-refractivity contribution in [2.75, 3.05) is 19.6 Å². The van der Waals surface area contributed by atoms with Crippen LogP contribution in [0.1, 0.15) is 18.4 Å². The minimum atomic E-state index is -0.882. The van der Waals surface area contributed by atoms with E-state index in [-0.39, 0.29) is 5.92 Å². The Balaban J connectivity index is 1.74. The number of hydrogen-bond acceptors (Lipinski definition) is 3. The highest BCUT2D eigenvalue weighted by Gasteiger charge is 2.19. The first-order valence-corrected chi connectivity index (χ1v) is 6.23. The Morgan fingerprint density at radius 3 is 2.47 bits per heavy atom. The zero-order valence-electron chi connectivity index (χ0n) is 9.97. The van der Waals surface area contributed by atoms with E-state index in [1.54, 1.807) is 0 Å². The van der Waals surface area contributed by atoms with Crippen molar-refractivity contribution < 1.29 is 9.90 Å². The third-order valence-corrected chi connectivity index (χ3v) is 3.48. The zero-order chi connectivity index (χ0) is 12.1. The van der Waals surface area contributed by atoms with Crippen LogP contribution in [0.15, 0.2) is 30.3 Å². The lowest BCUT2D eigenvalue weighted by Crippen LogP contribution is -2.41. The maximum absolute atomic E-state index is 10.7. The van der Waals surface area contributed by atoms with E-state index >= 15 is 0 Å². The van der Waals surface area contributed by atoms with Crippen molar-refractivity contribution >= 4 is 5.97 Å². The largest absolute Gasteiger partial charge is 0.550 e. The molecule has 1 heterocycles. The molecule has 1 fully saturated rings. The van der Waals surface area contributed by atoms with E-state index in [2.05, 4.69) is 29.2 Å². The lowest BCUT2D eigenvalue weighted by molar-refractivity contribution is -0.312. The normalized spacial score (nSPS) is 18.1. The maximum Gasteiger partial charge on any atom is 0.0446 e. The van der Waals surface area contributed by atoms with Gasteiger partial charge in [0.05, 0.1) is 0 Å². The number of hydrogen-bond donors (Lipinski definition) is 0. The van der Waals surface area contributed by atoms with Crippen molar-refractivity contribution in [2.24, 2.45) is 5.92 Å². The predicted octanol–water partition coefficient (Wildman–Crippen LogP) is 0.691. The van der Waals surface area contributed by atoms with Gasteiger partial charge in [-0.1, -0.05) is 30.3 Å². The molecule has 0 bridgehead atoms. The van der Waals surface area contributed by atoms with Crippen LogP contribution in [0.5, 0.6) is 0 Å². The molecule has 1 aromatic rings. The fourth-order valence-electron chi connectivity index (χ4n) is 2.32. The van der Waals surface area contributed by atoms with Crippen molar-refractivity contribution in [1.29, 1.82) is 0 Å². The molecule has 3 heteroatoms.